The van der Waals surface area contributed by atoms with Crippen LogP contribution in [0.15, 0.2) is 11.6 Å². The van der Waals surface area contributed by atoms with E-state index in [1.807, 2.05) is 6.08 Å². The highest BCUT2D eigenvalue weighted by molar-refractivity contribution is 6.74. The van der Waals surface area contributed by atoms with Gasteiger partial charge in [0.1, 0.15) is 0 Å². The van der Waals surface area contributed by atoms with Crippen LogP contribution in [0.25, 0.3) is 0 Å². The van der Waals surface area contributed by atoms with E-state index in [2.05, 4.69) is 74.7 Å². The van der Waals surface area contributed by atoms with Gasteiger partial charge in [0.2, 0.25) is 0 Å². The predicted molar refractivity (Wildman–Crippen MR) is 122 cm³/mol. The summed E-state index contributed by atoms with van der Waals surface area (Å²) in [5.41, 5.74) is 1.30. The maximum Gasteiger partial charge on any atom is 0.192 e. The topological polar surface area (TPSA) is 38.7 Å². The quantitative estimate of drug-likeness (QED) is 0.398. The van der Waals surface area contributed by atoms with Crippen molar-refractivity contribution in [1.82, 2.24) is 0 Å². The third-order valence-corrected chi connectivity index (χ3v) is 16.2. The van der Waals surface area contributed by atoms with E-state index in [1.165, 1.54) is 5.57 Å². The van der Waals surface area contributed by atoms with Crippen LogP contribution >= 0.6 is 0 Å². The summed E-state index contributed by atoms with van der Waals surface area (Å²) in [6, 6.07) is 0. The van der Waals surface area contributed by atoms with E-state index in [4.69, 9.17) is 8.85 Å². The first-order valence-corrected chi connectivity index (χ1v) is 16.5. The van der Waals surface area contributed by atoms with Gasteiger partial charge in [0.05, 0.1) is 18.8 Å². The molecule has 1 aliphatic carbocycles. The van der Waals surface area contributed by atoms with Gasteiger partial charge in [0.25, 0.3) is 0 Å². The van der Waals surface area contributed by atoms with E-state index in [1.54, 1.807) is 0 Å². The minimum absolute atomic E-state index is 0.103. The maximum atomic E-state index is 9.50. The minimum Gasteiger partial charge on any atom is -0.413 e. The second-order valence-corrected chi connectivity index (χ2v) is 20.9. The predicted octanol–water partition coefficient (Wildman–Crippen LogP) is 6.51. The Morgan fingerprint density at radius 2 is 1.26 bits per heavy atom. The second-order valence-electron chi connectivity index (χ2n) is 11.4. The van der Waals surface area contributed by atoms with E-state index in [0.29, 0.717) is 5.92 Å². The van der Waals surface area contributed by atoms with Gasteiger partial charge in [0.15, 0.2) is 16.6 Å². The largest absolute Gasteiger partial charge is 0.413 e. The van der Waals surface area contributed by atoms with Crippen molar-refractivity contribution in [2.24, 2.45) is 5.92 Å². The lowest BCUT2D eigenvalue weighted by Crippen LogP contribution is -2.53. The van der Waals surface area contributed by atoms with Gasteiger partial charge in [-0.15, -0.1) is 0 Å². The van der Waals surface area contributed by atoms with E-state index < -0.39 is 16.6 Å². The lowest BCUT2D eigenvalue weighted by molar-refractivity contribution is 0.00551. The van der Waals surface area contributed by atoms with Gasteiger partial charge in [-0.3, -0.25) is 0 Å². The molecule has 0 heterocycles. The first kappa shape index (κ1) is 25.1. The van der Waals surface area contributed by atoms with Gasteiger partial charge >= 0.3 is 0 Å². The van der Waals surface area contributed by atoms with Gasteiger partial charge in [0, 0.05) is 5.92 Å². The van der Waals surface area contributed by atoms with Crippen molar-refractivity contribution >= 4 is 16.6 Å². The smallest absolute Gasteiger partial charge is 0.192 e. The monoisotopic (exact) mass is 414 g/mol. The van der Waals surface area contributed by atoms with Gasteiger partial charge in [-0.25, -0.2) is 0 Å². The molecule has 27 heavy (non-hydrogen) atoms. The Balaban J connectivity index is 3.18. The first-order chi connectivity index (χ1) is 12.1. The molecule has 2 atom stereocenters. The summed E-state index contributed by atoms with van der Waals surface area (Å²) < 4.78 is 13.8. The highest BCUT2D eigenvalue weighted by Crippen LogP contribution is 2.45. The van der Waals surface area contributed by atoms with Crippen LogP contribution in [0.2, 0.25) is 36.3 Å². The fourth-order valence-electron chi connectivity index (χ4n) is 3.33. The molecule has 0 amide bonds. The molecule has 0 aromatic heterocycles. The molecule has 1 rings (SSSR count). The van der Waals surface area contributed by atoms with Crippen molar-refractivity contribution in [2.75, 3.05) is 6.61 Å². The molecule has 1 aliphatic rings. The molecule has 0 bridgehead atoms. The van der Waals surface area contributed by atoms with Crippen LogP contribution in [-0.2, 0) is 8.85 Å². The Morgan fingerprint density at radius 1 is 0.889 bits per heavy atom. The van der Waals surface area contributed by atoms with E-state index in [0.717, 1.165) is 19.3 Å². The fourth-order valence-corrected chi connectivity index (χ4v) is 6.07. The van der Waals surface area contributed by atoms with Crippen LogP contribution in [0.3, 0.4) is 0 Å². The zero-order valence-corrected chi connectivity index (χ0v) is 21.9. The third kappa shape index (κ3) is 6.26. The summed E-state index contributed by atoms with van der Waals surface area (Å²) >= 11 is 0. The van der Waals surface area contributed by atoms with Crippen molar-refractivity contribution in [1.29, 1.82) is 0 Å². The van der Waals surface area contributed by atoms with Crippen molar-refractivity contribution in [3.63, 3.8) is 0 Å². The Kier molecular flexibility index (Phi) is 8.20. The summed E-state index contributed by atoms with van der Waals surface area (Å²) in [6.45, 7) is 25.6. The summed E-state index contributed by atoms with van der Waals surface area (Å²) in [6.07, 6.45) is 5.31. The molecule has 0 unspecified atom stereocenters. The Morgan fingerprint density at radius 3 is 1.52 bits per heavy atom. The zero-order chi connectivity index (χ0) is 21.3. The van der Waals surface area contributed by atoms with Crippen LogP contribution in [0.4, 0.5) is 0 Å². The molecule has 1 fully saturated rings. The molecule has 5 heteroatoms. The van der Waals surface area contributed by atoms with Crippen molar-refractivity contribution in [2.45, 2.75) is 116 Å². The maximum absolute atomic E-state index is 9.50. The number of aliphatic hydroxyl groups is 1. The lowest BCUT2D eigenvalue weighted by Gasteiger charge is -2.48. The molecule has 0 aromatic carbocycles. The molecular formula is C22H46O3Si2. The van der Waals surface area contributed by atoms with Crippen molar-refractivity contribution in [3.8, 4) is 0 Å². The SMILES string of the molecule is CCC1[C@H](O[Si](C)(C)C(C)(C)C)CC(=CCO)C[C@H]1O[Si](C)(C)C(C)(C)C. The van der Waals surface area contributed by atoms with Crippen LogP contribution in [0.5, 0.6) is 0 Å². The van der Waals surface area contributed by atoms with Gasteiger partial charge < -0.3 is 14.0 Å². The average molecular weight is 415 g/mol. The van der Waals surface area contributed by atoms with E-state index in [-0.39, 0.29) is 28.9 Å². The average Bonchev–Trinajstić information content (AvgIpc) is 2.44. The van der Waals surface area contributed by atoms with E-state index in [9.17, 15) is 5.11 Å². The fraction of sp³-hybridized carbons (Fsp3) is 0.909. The van der Waals surface area contributed by atoms with Gasteiger partial charge in [-0.2, -0.15) is 0 Å². The number of hydrogen-bond donors (Lipinski definition) is 1. The second kappa shape index (κ2) is 8.82. The lowest BCUT2D eigenvalue weighted by atomic mass is 9.79. The summed E-state index contributed by atoms with van der Waals surface area (Å²) in [7, 11) is -3.72. The minimum atomic E-state index is -1.86. The molecule has 0 radical (unpaired) electrons. The van der Waals surface area contributed by atoms with Crippen LogP contribution in [-0.4, -0.2) is 40.6 Å². The molecule has 0 saturated heterocycles. The van der Waals surface area contributed by atoms with Gasteiger partial charge in [-0.1, -0.05) is 60.1 Å². The molecule has 0 aromatic rings. The normalized spacial score (nSPS) is 25.6. The number of aliphatic hydroxyl groups excluding tert-OH is 1. The van der Waals surface area contributed by atoms with Crippen LogP contribution in [0, 0.1) is 5.92 Å². The summed E-state index contributed by atoms with van der Waals surface area (Å²) in [4.78, 5) is 0. The molecule has 3 nitrogen and oxygen atoms in total. The van der Waals surface area contributed by atoms with Crippen molar-refractivity contribution < 1.29 is 14.0 Å². The number of hydrogen-bond acceptors (Lipinski definition) is 3. The molecule has 0 aliphatic heterocycles. The standard InChI is InChI=1S/C22H46O3Si2/c1-12-18-19(24-26(8,9)21(2,3)4)15-17(13-14-23)16-20(18)25-27(10,11)22(5,6)7/h13,18-20,23H,12,14-16H2,1-11H3/t18?,19-,20-/m1/s1. The van der Waals surface area contributed by atoms with Crippen LogP contribution in [0.1, 0.15) is 67.7 Å². The molecule has 1 saturated carbocycles. The molecule has 0 spiro atoms. The van der Waals surface area contributed by atoms with Crippen LogP contribution < -0.4 is 0 Å². The highest BCUT2D eigenvalue weighted by atomic mass is 28.4. The number of rotatable bonds is 6. The third-order valence-electron chi connectivity index (χ3n) is 7.24. The zero-order valence-electron chi connectivity index (χ0n) is 19.9. The van der Waals surface area contributed by atoms with Crippen molar-refractivity contribution in [3.05, 3.63) is 11.6 Å². The Labute approximate surface area is 171 Å². The summed E-state index contributed by atoms with van der Waals surface area (Å²) in [5.74, 6) is 0.420. The Hall–Kier alpha value is 0.0538. The summed E-state index contributed by atoms with van der Waals surface area (Å²) in [5, 5.41) is 9.88. The molecular weight excluding hydrogens is 368 g/mol. The molecule has 160 valence electrons. The Bertz CT molecular complexity index is 473. The van der Waals surface area contributed by atoms with E-state index >= 15 is 0 Å². The first-order valence-electron chi connectivity index (χ1n) is 10.7. The van der Waals surface area contributed by atoms with Gasteiger partial charge in [-0.05, 0) is 55.5 Å². The highest BCUT2D eigenvalue weighted by Gasteiger charge is 2.46. The molecule has 1 N–H and O–H groups in total.